The van der Waals surface area contributed by atoms with E-state index in [1.54, 1.807) is 30.5 Å². The minimum atomic E-state index is -0.161. The number of hydrogen-bond acceptors (Lipinski definition) is 3. The molecule has 1 amide bonds. The molecule has 0 saturated carbocycles. The van der Waals surface area contributed by atoms with Crippen molar-refractivity contribution in [1.29, 1.82) is 0 Å². The van der Waals surface area contributed by atoms with Crippen molar-refractivity contribution in [2.75, 3.05) is 23.3 Å². The number of carbonyl (C=O) groups excluding carboxylic acids is 1. The van der Waals surface area contributed by atoms with Gasteiger partial charge in [0.1, 0.15) is 5.82 Å². The molecule has 3 rings (SSSR count). The van der Waals surface area contributed by atoms with E-state index < -0.39 is 0 Å². The smallest absolute Gasteiger partial charge is 0.255 e. The molecule has 1 saturated heterocycles. The van der Waals surface area contributed by atoms with Crippen LogP contribution in [0.1, 0.15) is 36.0 Å². The number of nitrogens with zero attached hydrogens (tertiary/aromatic N) is 2. The van der Waals surface area contributed by atoms with E-state index in [0.29, 0.717) is 16.3 Å². The second-order valence-corrected chi connectivity index (χ2v) is 6.20. The van der Waals surface area contributed by atoms with Crippen LogP contribution in [0.4, 0.5) is 11.5 Å². The highest BCUT2D eigenvalue weighted by Gasteiger charge is 2.11. The summed E-state index contributed by atoms with van der Waals surface area (Å²) in [5, 5.41) is 3.47. The number of benzene rings is 1. The van der Waals surface area contributed by atoms with Crippen molar-refractivity contribution in [2.24, 2.45) is 0 Å². The van der Waals surface area contributed by atoms with Crippen LogP contribution in [-0.4, -0.2) is 24.0 Å². The first-order valence-corrected chi connectivity index (χ1v) is 8.38. The molecule has 5 heteroatoms. The fourth-order valence-electron chi connectivity index (χ4n) is 2.75. The minimum absolute atomic E-state index is 0.161. The van der Waals surface area contributed by atoms with Crippen LogP contribution in [0.3, 0.4) is 0 Å². The number of aromatic nitrogens is 1. The van der Waals surface area contributed by atoms with Crippen LogP contribution in [0.25, 0.3) is 0 Å². The molecule has 0 spiro atoms. The summed E-state index contributed by atoms with van der Waals surface area (Å²) < 4.78 is 0. The van der Waals surface area contributed by atoms with Gasteiger partial charge < -0.3 is 10.2 Å². The Balaban J connectivity index is 1.64. The Morgan fingerprint density at radius 1 is 1.00 bits per heavy atom. The van der Waals surface area contributed by atoms with E-state index in [-0.39, 0.29) is 5.91 Å². The molecule has 0 unspecified atom stereocenters. The molecule has 1 aromatic heterocycles. The molecular formula is C18H20ClN3O. The van der Waals surface area contributed by atoms with Gasteiger partial charge in [0.05, 0.1) is 11.9 Å². The van der Waals surface area contributed by atoms with E-state index in [1.165, 1.54) is 25.7 Å². The third-order valence-corrected chi connectivity index (χ3v) is 4.29. The first kappa shape index (κ1) is 15.8. The van der Waals surface area contributed by atoms with Crippen molar-refractivity contribution < 1.29 is 4.79 Å². The highest BCUT2D eigenvalue weighted by Crippen LogP contribution is 2.19. The molecule has 1 fully saturated rings. The summed E-state index contributed by atoms with van der Waals surface area (Å²) in [6, 6.07) is 10.7. The summed E-state index contributed by atoms with van der Waals surface area (Å²) in [5.74, 6) is 0.822. The Hall–Kier alpha value is -2.07. The summed E-state index contributed by atoms with van der Waals surface area (Å²) in [6.07, 6.45) is 6.75. The summed E-state index contributed by atoms with van der Waals surface area (Å²) in [6.45, 7) is 2.12. The number of nitrogens with one attached hydrogen (secondary N) is 1. The van der Waals surface area contributed by atoms with E-state index in [4.69, 9.17) is 11.6 Å². The lowest BCUT2D eigenvalue weighted by atomic mass is 10.2. The molecule has 1 N–H and O–H groups in total. The second kappa shape index (κ2) is 7.47. The molecule has 2 aromatic rings. The molecular weight excluding hydrogens is 310 g/mol. The molecule has 4 nitrogen and oxygen atoms in total. The Morgan fingerprint density at radius 2 is 1.70 bits per heavy atom. The topological polar surface area (TPSA) is 45.2 Å². The third kappa shape index (κ3) is 4.23. The lowest BCUT2D eigenvalue weighted by Gasteiger charge is -2.21. The van der Waals surface area contributed by atoms with Crippen molar-refractivity contribution >= 4 is 29.0 Å². The third-order valence-electron chi connectivity index (χ3n) is 4.04. The Labute approximate surface area is 141 Å². The Kier molecular flexibility index (Phi) is 5.13. The number of hydrogen-bond donors (Lipinski definition) is 1. The highest BCUT2D eigenvalue weighted by atomic mass is 35.5. The van der Waals surface area contributed by atoms with E-state index in [2.05, 4.69) is 15.2 Å². The predicted molar refractivity (Wildman–Crippen MR) is 94.3 cm³/mol. The van der Waals surface area contributed by atoms with Crippen LogP contribution in [-0.2, 0) is 0 Å². The van der Waals surface area contributed by atoms with Gasteiger partial charge in [-0.25, -0.2) is 4.98 Å². The first-order valence-electron chi connectivity index (χ1n) is 8.00. The van der Waals surface area contributed by atoms with E-state index in [1.807, 2.05) is 12.1 Å². The SMILES string of the molecule is O=C(Nc1ccc(N2CCCCCC2)nc1)c1ccc(Cl)cc1. The number of anilines is 2. The van der Waals surface area contributed by atoms with Crippen LogP contribution in [0.5, 0.6) is 0 Å². The van der Waals surface area contributed by atoms with Gasteiger partial charge in [-0.1, -0.05) is 24.4 Å². The Bertz CT molecular complexity index is 647. The lowest BCUT2D eigenvalue weighted by molar-refractivity contribution is 0.102. The fourth-order valence-corrected chi connectivity index (χ4v) is 2.88. The van der Waals surface area contributed by atoms with Crippen molar-refractivity contribution in [3.63, 3.8) is 0 Å². The normalized spacial score (nSPS) is 15.1. The number of pyridine rings is 1. The molecule has 1 aliphatic rings. The lowest BCUT2D eigenvalue weighted by Crippen LogP contribution is -2.24. The van der Waals surface area contributed by atoms with Crippen molar-refractivity contribution in [3.8, 4) is 0 Å². The van der Waals surface area contributed by atoms with Gasteiger partial charge in [-0.2, -0.15) is 0 Å². The average molecular weight is 330 g/mol. The Morgan fingerprint density at radius 3 is 2.30 bits per heavy atom. The quantitative estimate of drug-likeness (QED) is 0.909. The first-order chi connectivity index (χ1) is 11.2. The number of amides is 1. The standard InChI is InChI=1S/C18H20ClN3O/c19-15-7-5-14(6-8-15)18(23)21-16-9-10-17(20-13-16)22-11-3-1-2-4-12-22/h5-10,13H,1-4,11-12H2,(H,21,23). The minimum Gasteiger partial charge on any atom is -0.357 e. The molecule has 0 bridgehead atoms. The molecule has 1 aliphatic heterocycles. The molecule has 0 radical (unpaired) electrons. The van der Waals surface area contributed by atoms with Crippen molar-refractivity contribution in [2.45, 2.75) is 25.7 Å². The van der Waals surface area contributed by atoms with Gasteiger partial charge in [-0.05, 0) is 49.2 Å². The van der Waals surface area contributed by atoms with Crippen molar-refractivity contribution in [3.05, 3.63) is 53.2 Å². The van der Waals surface area contributed by atoms with Gasteiger partial charge in [0.25, 0.3) is 5.91 Å². The van der Waals surface area contributed by atoms with Gasteiger partial charge in [0.2, 0.25) is 0 Å². The van der Waals surface area contributed by atoms with Crippen LogP contribution in [0.15, 0.2) is 42.6 Å². The van der Waals surface area contributed by atoms with Gasteiger partial charge in [0, 0.05) is 23.7 Å². The van der Waals surface area contributed by atoms with Gasteiger partial charge >= 0.3 is 0 Å². The molecule has 2 heterocycles. The zero-order valence-corrected chi connectivity index (χ0v) is 13.7. The van der Waals surface area contributed by atoms with Gasteiger partial charge in [-0.15, -0.1) is 0 Å². The van der Waals surface area contributed by atoms with E-state index in [0.717, 1.165) is 18.9 Å². The van der Waals surface area contributed by atoms with E-state index >= 15 is 0 Å². The van der Waals surface area contributed by atoms with Crippen molar-refractivity contribution in [1.82, 2.24) is 4.98 Å². The molecule has 1 aromatic carbocycles. The number of halogens is 1. The van der Waals surface area contributed by atoms with Crippen LogP contribution in [0, 0.1) is 0 Å². The van der Waals surface area contributed by atoms with Gasteiger partial charge in [0.15, 0.2) is 0 Å². The molecule has 23 heavy (non-hydrogen) atoms. The van der Waals surface area contributed by atoms with Crippen LogP contribution in [0.2, 0.25) is 5.02 Å². The number of carbonyl (C=O) groups is 1. The maximum Gasteiger partial charge on any atom is 0.255 e. The second-order valence-electron chi connectivity index (χ2n) is 5.77. The number of rotatable bonds is 3. The largest absolute Gasteiger partial charge is 0.357 e. The van der Waals surface area contributed by atoms with Crippen LogP contribution >= 0.6 is 11.6 Å². The summed E-state index contributed by atoms with van der Waals surface area (Å²) in [5.41, 5.74) is 1.27. The summed E-state index contributed by atoms with van der Waals surface area (Å²) in [7, 11) is 0. The highest BCUT2D eigenvalue weighted by molar-refractivity contribution is 6.30. The van der Waals surface area contributed by atoms with Gasteiger partial charge in [-0.3, -0.25) is 4.79 Å². The zero-order valence-electron chi connectivity index (χ0n) is 13.0. The summed E-state index contributed by atoms with van der Waals surface area (Å²) >= 11 is 5.83. The zero-order chi connectivity index (χ0) is 16.1. The van der Waals surface area contributed by atoms with E-state index in [9.17, 15) is 4.79 Å². The van der Waals surface area contributed by atoms with Crippen LogP contribution < -0.4 is 10.2 Å². The molecule has 120 valence electrons. The predicted octanol–water partition coefficient (Wildman–Crippen LogP) is 4.37. The average Bonchev–Trinajstić information content (AvgIpc) is 2.85. The maximum absolute atomic E-state index is 12.2. The molecule has 0 atom stereocenters. The monoisotopic (exact) mass is 329 g/mol. The maximum atomic E-state index is 12.2. The summed E-state index contributed by atoms with van der Waals surface area (Å²) in [4.78, 5) is 19.0. The fraction of sp³-hybridized carbons (Fsp3) is 0.333. The molecule has 0 aliphatic carbocycles.